The number of hydrogen-bond acceptors (Lipinski definition) is 5. The third kappa shape index (κ3) is 3.05. The van der Waals surface area contributed by atoms with Gasteiger partial charge in [-0.25, -0.2) is 0 Å². The molecule has 0 spiro atoms. The summed E-state index contributed by atoms with van der Waals surface area (Å²) in [5.74, 6) is -0.142. The molecule has 0 radical (unpaired) electrons. The van der Waals surface area contributed by atoms with E-state index in [0.29, 0.717) is 24.3 Å². The monoisotopic (exact) mass is 279 g/mol. The summed E-state index contributed by atoms with van der Waals surface area (Å²) in [6.45, 7) is 2.81. The Kier molecular flexibility index (Phi) is 4.19. The van der Waals surface area contributed by atoms with E-state index < -0.39 is 11.0 Å². The van der Waals surface area contributed by atoms with Crippen molar-refractivity contribution in [3.63, 3.8) is 0 Å². The molecule has 1 atom stereocenters. The molecular formula is C13H17N3O4. The van der Waals surface area contributed by atoms with E-state index in [1.807, 2.05) is 0 Å². The minimum absolute atomic E-state index is 0.0851. The highest BCUT2D eigenvalue weighted by Gasteiger charge is 2.23. The number of aliphatic hydroxyl groups excluding tert-OH is 1. The first-order valence-electron chi connectivity index (χ1n) is 6.47. The van der Waals surface area contributed by atoms with Gasteiger partial charge in [0, 0.05) is 19.2 Å². The van der Waals surface area contributed by atoms with Crippen molar-refractivity contribution in [1.82, 2.24) is 5.32 Å². The predicted molar refractivity (Wildman–Crippen MR) is 73.6 cm³/mol. The van der Waals surface area contributed by atoms with Gasteiger partial charge >= 0.3 is 0 Å². The van der Waals surface area contributed by atoms with Crippen molar-refractivity contribution in [3.05, 3.63) is 33.9 Å². The minimum Gasteiger partial charge on any atom is -0.389 e. The van der Waals surface area contributed by atoms with Crippen LogP contribution in [-0.2, 0) is 4.79 Å². The molecule has 0 aliphatic carbocycles. The van der Waals surface area contributed by atoms with E-state index in [0.717, 1.165) is 6.42 Å². The van der Waals surface area contributed by atoms with E-state index in [9.17, 15) is 20.0 Å². The molecule has 2 rings (SSSR count). The second-order valence-electron chi connectivity index (χ2n) is 4.81. The number of anilines is 1. The number of carbonyl (C=O) groups excluding carboxylic acids is 1. The second kappa shape index (κ2) is 5.87. The van der Waals surface area contributed by atoms with Crippen LogP contribution in [0, 0.1) is 10.1 Å². The van der Waals surface area contributed by atoms with Gasteiger partial charge in [-0.05, 0) is 25.0 Å². The Labute approximate surface area is 116 Å². The highest BCUT2D eigenvalue weighted by molar-refractivity contribution is 5.83. The van der Waals surface area contributed by atoms with Gasteiger partial charge in [-0.2, -0.15) is 0 Å². The number of benzene rings is 1. The van der Waals surface area contributed by atoms with Crippen molar-refractivity contribution in [1.29, 1.82) is 0 Å². The van der Waals surface area contributed by atoms with Crippen LogP contribution in [0.1, 0.15) is 25.0 Å². The molecule has 0 bridgehead atoms. The van der Waals surface area contributed by atoms with E-state index in [1.165, 1.54) is 6.07 Å². The van der Waals surface area contributed by atoms with Crippen LogP contribution in [0.4, 0.5) is 11.4 Å². The summed E-state index contributed by atoms with van der Waals surface area (Å²) >= 11 is 0. The molecule has 1 aromatic rings. The lowest BCUT2D eigenvalue weighted by Gasteiger charge is -2.21. The molecule has 1 aromatic carbocycles. The van der Waals surface area contributed by atoms with Gasteiger partial charge in [-0.15, -0.1) is 0 Å². The normalized spacial score (nSPS) is 17.3. The van der Waals surface area contributed by atoms with E-state index in [4.69, 9.17) is 0 Å². The van der Waals surface area contributed by atoms with Crippen LogP contribution in [0.5, 0.6) is 0 Å². The second-order valence-corrected chi connectivity index (χ2v) is 4.81. The van der Waals surface area contributed by atoms with Crippen molar-refractivity contribution in [2.24, 2.45) is 0 Å². The zero-order chi connectivity index (χ0) is 14.7. The fraction of sp³-hybridized carbons (Fsp3) is 0.462. The molecule has 0 aromatic heterocycles. The highest BCUT2D eigenvalue weighted by Crippen LogP contribution is 2.31. The smallest absolute Gasteiger partial charge is 0.292 e. The van der Waals surface area contributed by atoms with E-state index in [1.54, 1.807) is 24.0 Å². The summed E-state index contributed by atoms with van der Waals surface area (Å²) in [4.78, 5) is 24.0. The number of nitro groups is 1. The van der Waals surface area contributed by atoms with Crippen LogP contribution in [0.25, 0.3) is 0 Å². The molecule has 1 amide bonds. The molecule has 1 aliphatic rings. The van der Waals surface area contributed by atoms with Crippen LogP contribution in [0.3, 0.4) is 0 Å². The van der Waals surface area contributed by atoms with Gasteiger partial charge in [0.25, 0.3) is 5.69 Å². The zero-order valence-electron chi connectivity index (χ0n) is 11.2. The van der Waals surface area contributed by atoms with Crippen LogP contribution in [-0.4, -0.2) is 35.6 Å². The summed E-state index contributed by atoms with van der Waals surface area (Å²) in [6, 6.07) is 4.61. The lowest BCUT2D eigenvalue weighted by atomic mass is 10.1. The Morgan fingerprint density at radius 2 is 2.25 bits per heavy atom. The summed E-state index contributed by atoms with van der Waals surface area (Å²) in [5, 5.41) is 23.5. The first kappa shape index (κ1) is 14.3. The Bertz CT molecular complexity index is 530. The molecule has 1 saturated heterocycles. The van der Waals surface area contributed by atoms with Crippen LogP contribution >= 0.6 is 0 Å². The molecule has 1 fully saturated rings. The average molecular weight is 279 g/mol. The molecule has 7 heteroatoms. The van der Waals surface area contributed by atoms with Gasteiger partial charge in [0.1, 0.15) is 5.69 Å². The fourth-order valence-electron chi connectivity index (χ4n) is 2.23. The lowest BCUT2D eigenvalue weighted by Crippen LogP contribution is -2.33. The Morgan fingerprint density at radius 3 is 2.90 bits per heavy atom. The summed E-state index contributed by atoms with van der Waals surface area (Å²) in [6.07, 6.45) is -0.0312. The molecule has 20 heavy (non-hydrogen) atoms. The Morgan fingerprint density at radius 1 is 1.50 bits per heavy atom. The van der Waals surface area contributed by atoms with Gasteiger partial charge < -0.3 is 15.3 Å². The molecule has 1 heterocycles. The van der Waals surface area contributed by atoms with Crippen molar-refractivity contribution in [2.45, 2.75) is 19.4 Å². The SMILES string of the molecule is C[C@H](O)c1ccc(N2CCCNC(=O)C2)c([N+](=O)[O-])c1. The largest absolute Gasteiger partial charge is 0.389 e. The Balaban J connectivity index is 2.39. The zero-order valence-corrected chi connectivity index (χ0v) is 11.2. The van der Waals surface area contributed by atoms with Gasteiger partial charge in [0.05, 0.1) is 17.6 Å². The number of rotatable bonds is 3. The molecule has 0 saturated carbocycles. The van der Waals surface area contributed by atoms with Crippen molar-refractivity contribution < 1.29 is 14.8 Å². The van der Waals surface area contributed by atoms with E-state index in [-0.39, 0.29) is 18.1 Å². The first-order valence-corrected chi connectivity index (χ1v) is 6.47. The third-order valence-corrected chi connectivity index (χ3v) is 3.28. The number of amides is 1. The van der Waals surface area contributed by atoms with Crippen LogP contribution in [0.15, 0.2) is 18.2 Å². The van der Waals surface area contributed by atoms with Gasteiger partial charge in [-0.3, -0.25) is 14.9 Å². The minimum atomic E-state index is -0.768. The first-order chi connectivity index (χ1) is 9.49. The predicted octanol–water partition coefficient (Wildman–Crippen LogP) is 0.974. The summed E-state index contributed by atoms with van der Waals surface area (Å²) in [7, 11) is 0. The van der Waals surface area contributed by atoms with Crippen LogP contribution < -0.4 is 10.2 Å². The number of carbonyl (C=O) groups is 1. The Hall–Kier alpha value is -2.15. The molecule has 108 valence electrons. The van der Waals surface area contributed by atoms with Crippen molar-refractivity contribution in [2.75, 3.05) is 24.5 Å². The molecular weight excluding hydrogens is 262 g/mol. The average Bonchev–Trinajstić information content (AvgIpc) is 2.62. The van der Waals surface area contributed by atoms with Crippen LogP contribution in [0.2, 0.25) is 0 Å². The molecule has 7 nitrogen and oxygen atoms in total. The number of hydrogen-bond donors (Lipinski definition) is 2. The third-order valence-electron chi connectivity index (χ3n) is 3.28. The number of nitro benzene ring substituents is 1. The molecule has 2 N–H and O–H groups in total. The lowest BCUT2D eigenvalue weighted by molar-refractivity contribution is -0.384. The summed E-state index contributed by atoms with van der Waals surface area (Å²) in [5.41, 5.74) is 0.814. The number of nitrogens with zero attached hydrogens (tertiary/aromatic N) is 2. The van der Waals surface area contributed by atoms with Crippen molar-refractivity contribution >= 4 is 17.3 Å². The molecule has 0 unspecified atom stereocenters. The number of nitrogens with one attached hydrogen (secondary N) is 1. The van der Waals surface area contributed by atoms with Gasteiger partial charge in [0.15, 0.2) is 0 Å². The highest BCUT2D eigenvalue weighted by atomic mass is 16.6. The van der Waals surface area contributed by atoms with Crippen molar-refractivity contribution in [3.8, 4) is 0 Å². The topological polar surface area (TPSA) is 95.7 Å². The van der Waals surface area contributed by atoms with E-state index >= 15 is 0 Å². The summed E-state index contributed by atoms with van der Waals surface area (Å²) < 4.78 is 0. The standard InChI is InChI=1S/C13H17N3O4/c1-9(17)10-3-4-11(12(7-10)16(19)20)15-6-2-5-14-13(18)8-15/h3-4,7,9,17H,2,5-6,8H2,1H3,(H,14,18)/t9-/m0/s1. The maximum Gasteiger partial charge on any atom is 0.292 e. The maximum atomic E-state index is 11.6. The van der Waals surface area contributed by atoms with Gasteiger partial charge in [0.2, 0.25) is 5.91 Å². The van der Waals surface area contributed by atoms with Gasteiger partial charge in [-0.1, -0.05) is 6.07 Å². The quantitative estimate of drug-likeness (QED) is 0.635. The molecule has 1 aliphatic heterocycles. The maximum absolute atomic E-state index is 11.6. The fourth-order valence-corrected chi connectivity index (χ4v) is 2.23. The van der Waals surface area contributed by atoms with E-state index in [2.05, 4.69) is 5.32 Å². The number of aliphatic hydroxyl groups is 1.